The van der Waals surface area contributed by atoms with Gasteiger partial charge in [0.2, 0.25) is 11.8 Å². The van der Waals surface area contributed by atoms with Crippen LogP contribution < -0.4 is 5.32 Å². The molecule has 1 aliphatic carbocycles. The van der Waals surface area contributed by atoms with Crippen LogP contribution in [0.1, 0.15) is 58.8 Å². The predicted octanol–water partition coefficient (Wildman–Crippen LogP) is 1.84. The van der Waals surface area contributed by atoms with Gasteiger partial charge in [0.25, 0.3) is 0 Å². The molecule has 2 rings (SSSR count). The van der Waals surface area contributed by atoms with E-state index in [-0.39, 0.29) is 17.9 Å². The third kappa shape index (κ3) is 2.67. The maximum atomic E-state index is 12.9. The molecule has 1 N–H and O–H groups in total. The minimum absolute atomic E-state index is 0.0125. The first-order valence-corrected chi connectivity index (χ1v) is 7.67. The summed E-state index contributed by atoms with van der Waals surface area (Å²) in [5, 5.41) is 3.04. The van der Waals surface area contributed by atoms with Crippen LogP contribution in [0.2, 0.25) is 0 Å². The molecule has 0 aromatic heterocycles. The van der Waals surface area contributed by atoms with E-state index in [1.165, 1.54) is 0 Å². The van der Waals surface area contributed by atoms with Gasteiger partial charge in [-0.15, -0.1) is 11.8 Å². The predicted molar refractivity (Wildman–Crippen MR) is 77.8 cm³/mol. The summed E-state index contributed by atoms with van der Waals surface area (Å²) < 4.78 is 0. The van der Waals surface area contributed by atoms with E-state index in [2.05, 4.69) is 17.2 Å². The second kappa shape index (κ2) is 6.30. The van der Waals surface area contributed by atoms with Crippen molar-refractivity contribution in [3.8, 4) is 11.8 Å². The van der Waals surface area contributed by atoms with Crippen LogP contribution in [0, 0.1) is 11.8 Å². The van der Waals surface area contributed by atoms with Crippen molar-refractivity contribution < 1.29 is 9.59 Å². The average Bonchev–Trinajstić information content (AvgIpc) is 2.45. The summed E-state index contributed by atoms with van der Waals surface area (Å²) in [6.45, 7) is 4.31. The van der Waals surface area contributed by atoms with Crippen molar-refractivity contribution in [2.45, 2.75) is 70.4 Å². The van der Waals surface area contributed by atoms with Gasteiger partial charge in [0.1, 0.15) is 11.6 Å². The number of carbonyl (C=O) groups is 2. The number of rotatable bonds is 3. The Bertz CT molecular complexity index is 441. The summed E-state index contributed by atoms with van der Waals surface area (Å²) in [5.74, 6) is 5.97. The zero-order chi connectivity index (χ0) is 14.6. The summed E-state index contributed by atoms with van der Waals surface area (Å²) >= 11 is 0. The molecule has 1 saturated heterocycles. The minimum Gasteiger partial charge on any atom is -0.340 e. The SMILES string of the molecule is CC#CCCN1C(=O)C2(CCCCC2)NC(=O)C1CC. The van der Waals surface area contributed by atoms with Crippen molar-refractivity contribution in [2.24, 2.45) is 0 Å². The monoisotopic (exact) mass is 276 g/mol. The number of hydrogen-bond donors (Lipinski definition) is 1. The van der Waals surface area contributed by atoms with E-state index >= 15 is 0 Å². The first-order chi connectivity index (χ1) is 9.64. The minimum atomic E-state index is -0.624. The van der Waals surface area contributed by atoms with Gasteiger partial charge in [0.05, 0.1) is 0 Å². The fraction of sp³-hybridized carbons (Fsp3) is 0.750. The molecular weight excluding hydrogens is 252 g/mol. The number of amides is 2. The molecule has 1 saturated carbocycles. The highest BCUT2D eigenvalue weighted by molar-refractivity contribution is 5.99. The normalized spacial score (nSPS) is 25.1. The van der Waals surface area contributed by atoms with Crippen molar-refractivity contribution >= 4 is 11.8 Å². The van der Waals surface area contributed by atoms with E-state index in [1.54, 1.807) is 11.8 Å². The van der Waals surface area contributed by atoms with E-state index in [0.29, 0.717) is 19.4 Å². The Hall–Kier alpha value is -1.50. The molecule has 1 spiro atoms. The summed E-state index contributed by atoms with van der Waals surface area (Å²) in [6, 6.07) is -0.325. The lowest BCUT2D eigenvalue weighted by molar-refractivity contribution is -0.156. The molecule has 0 bridgehead atoms. The number of hydrogen-bond acceptors (Lipinski definition) is 2. The van der Waals surface area contributed by atoms with Gasteiger partial charge in [-0.1, -0.05) is 26.2 Å². The van der Waals surface area contributed by atoms with E-state index in [9.17, 15) is 9.59 Å². The van der Waals surface area contributed by atoms with Gasteiger partial charge < -0.3 is 10.2 Å². The lowest BCUT2D eigenvalue weighted by Gasteiger charge is -2.47. The summed E-state index contributed by atoms with van der Waals surface area (Å²) in [4.78, 5) is 27.0. The highest BCUT2D eigenvalue weighted by Crippen LogP contribution is 2.33. The molecule has 1 unspecified atom stereocenters. The maximum absolute atomic E-state index is 12.9. The van der Waals surface area contributed by atoms with Crippen LogP contribution >= 0.6 is 0 Å². The van der Waals surface area contributed by atoms with Gasteiger partial charge in [0.15, 0.2) is 0 Å². The Morgan fingerprint density at radius 2 is 2.00 bits per heavy atom. The third-order valence-electron chi connectivity index (χ3n) is 4.46. The average molecular weight is 276 g/mol. The van der Waals surface area contributed by atoms with Crippen molar-refractivity contribution in [1.29, 1.82) is 0 Å². The lowest BCUT2D eigenvalue weighted by Crippen LogP contribution is -2.70. The molecule has 2 aliphatic rings. The van der Waals surface area contributed by atoms with E-state index in [1.807, 2.05) is 6.92 Å². The molecule has 20 heavy (non-hydrogen) atoms. The number of nitrogens with zero attached hydrogens (tertiary/aromatic N) is 1. The fourth-order valence-electron chi connectivity index (χ4n) is 3.39. The van der Waals surface area contributed by atoms with Gasteiger partial charge in [0, 0.05) is 13.0 Å². The topological polar surface area (TPSA) is 49.4 Å². The van der Waals surface area contributed by atoms with Gasteiger partial charge in [-0.2, -0.15) is 0 Å². The molecule has 2 amide bonds. The molecule has 4 heteroatoms. The summed E-state index contributed by atoms with van der Waals surface area (Å²) in [6.07, 6.45) is 6.06. The summed E-state index contributed by atoms with van der Waals surface area (Å²) in [7, 11) is 0. The standard InChI is InChI=1S/C16H24N2O2/c1-3-5-9-12-18-13(4-2)14(19)17-16(15(18)20)10-7-6-8-11-16/h13H,4,6-12H2,1-2H3,(H,17,19). The third-order valence-corrected chi connectivity index (χ3v) is 4.46. The molecule has 0 aromatic rings. The van der Waals surface area contributed by atoms with Crippen LogP contribution in [0.3, 0.4) is 0 Å². The van der Waals surface area contributed by atoms with Crippen LogP contribution in [0.4, 0.5) is 0 Å². The lowest BCUT2D eigenvalue weighted by atomic mass is 9.78. The quantitative estimate of drug-likeness (QED) is 0.800. The van der Waals surface area contributed by atoms with Crippen molar-refractivity contribution in [3.63, 3.8) is 0 Å². The highest BCUT2D eigenvalue weighted by atomic mass is 16.2. The van der Waals surface area contributed by atoms with Crippen LogP contribution in [0.15, 0.2) is 0 Å². The zero-order valence-electron chi connectivity index (χ0n) is 12.5. The van der Waals surface area contributed by atoms with Crippen molar-refractivity contribution in [1.82, 2.24) is 10.2 Å². The Kier molecular flexibility index (Phi) is 4.69. The van der Waals surface area contributed by atoms with E-state index in [4.69, 9.17) is 0 Å². The van der Waals surface area contributed by atoms with E-state index < -0.39 is 5.54 Å². The molecular formula is C16H24N2O2. The van der Waals surface area contributed by atoms with Gasteiger partial charge in [-0.25, -0.2) is 0 Å². The Morgan fingerprint density at radius 3 is 2.60 bits per heavy atom. The first kappa shape index (κ1) is 14.9. The van der Waals surface area contributed by atoms with Gasteiger partial charge in [-0.05, 0) is 26.2 Å². The van der Waals surface area contributed by atoms with Gasteiger partial charge in [-0.3, -0.25) is 9.59 Å². The highest BCUT2D eigenvalue weighted by Gasteiger charge is 2.50. The molecule has 2 fully saturated rings. The van der Waals surface area contributed by atoms with Crippen LogP contribution in [0.25, 0.3) is 0 Å². The number of carbonyl (C=O) groups excluding carboxylic acids is 2. The second-order valence-electron chi connectivity index (χ2n) is 5.73. The Balaban J connectivity index is 2.20. The molecule has 4 nitrogen and oxygen atoms in total. The molecule has 110 valence electrons. The number of piperazine rings is 1. The molecule has 1 atom stereocenters. The summed E-state index contributed by atoms with van der Waals surface area (Å²) in [5.41, 5.74) is -0.624. The first-order valence-electron chi connectivity index (χ1n) is 7.67. The maximum Gasteiger partial charge on any atom is 0.249 e. The largest absolute Gasteiger partial charge is 0.340 e. The number of nitrogens with one attached hydrogen (secondary N) is 1. The van der Waals surface area contributed by atoms with Crippen LogP contribution in [0.5, 0.6) is 0 Å². The molecule has 1 heterocycles. The molecule has 1 aliphatic heterocycles. The van der Waals surface area contributed by atoms with Gasteiger partial charge >= 0.3 is 0 Å². The van der Waals surface area contributed by atoms with Crippen LogP contribution in [-0.2, 0) is 9.59 Å². The zero-order valence-corrected chi connectivity index (χ0v) is 12.5. The Labute approximate surface area is 121 Å². The van der Waals surface area contributed by atoms with E-state index in [0.717, 1.165) is 32.1 Å². The molecule has 0 aromatic carbocycles. The fourth-order valence-corrected chi connectivity index (χ4v) is 3.39. The van der Waals surface area contributed by atoms with Crippen molar-refractivity contribution in [2.75, 3.05) is 6.54 Å². The molecule has 0 radical (unpaired) electrons. The van der Waals surface area contributed by atoms with Crippen molar-refractivity contribution in [3.05, 3.63) is 0 Å². The smallest absolute Gasteiger partial charge is 0.249 e. The Morgan fingerprint density at radius 1 is 1.30 bits per heavy atom. The second-order valence-corrected chi connectivity index (χ2v) is 5.73. The van der Waals surface area contributed by atoms with Crippen LogP contribution in [-0.4, -0.2) is 34.8 Å².